The Kier molecular flexibility index (Phi) is 3.78. The third-order valence-corrected chi connectivity index (χ3v) is 5.28. The van der Waals surface area contributed by atoms with Crippen LogP contribution in [0.1, 0.15) is 38.5 Å². The quantitative estimate of drug-likeness (QED) is 0.868. The van der Waals surface area contributed by atoms with Crippen LogP contribution in [0.3, 0.4) is 0 Å². The molecule has 130 valence electrons. The van der Waals surface area contributed by atoms with Gasteiger partial charge in [0.2, 0.25) is 11.8 Å². The average molecular weight is 340 g/mol. The number of nitrogens with one attached hydrogen (secondary N) is 1. The Morgan fingerprint density at radius 1 is 1.24 bits per heavy atom. The van der Waals surface area contributed by atoms with E-state index < -0.39 is 5.54 Å². The first-order valence-electron chi connectivity index (χ1n) is 8.62. The Hall–Kier alpha value is -2.70. The van der Waals surface area contributed by atoms with Crippen molar-refractivity contribution in [3.8, 4) is 11.5 Å². The summed E-state index contributed by atoms with van der Waals surface area (Å²) in [6.07, 6.45) is 3.67. The van der Waals surface area contributed by atoms with Gasteiger partial charge in [0.15, 0.2) is 0 Å². The van der Waals surface area contributed by atoms with Gasteiger partial charge in [-0.2, -0.15) is 0 Å². The first-order valence-corrected chi connectivity index (χ1v) is 8.62. The number of aromatic nitrogens is 2. The van der Waals surface area contributed by atoms with Crippen LogP contribution in [0, 0.1) is 5.92 Å². The molecule has 1 N–H and O–H groups in total. The minimum Gasteiger partial charge on any atom is -0.419 e. The third-order valence-electron chi connectivity index (χ3n) is 5.28. The molecule has 2 atom stereocenters. The zero-order valence-corrected chi connectivity index (χ0v) is 14.1. The summed E-state index contributed by atoms with van der Waals surface area (Å²) in [4.78, 5) is 26.5. The number of urea groups is 1. The number of hydrogen-bond acceptors (Lipinski definition) is 5. The zero-order chi connectivity index (χ0) is 17.4. The van der Waals surface area contributed by atoms with Crippen molar-refractivity contribution in [1.82, 2.24) is 20.4 Å². The lowest BCUT2D eigenvalue weighted by molar-refractivity contribution is -0.134. The van der Waals surface area contributed by atoms with Gasteiger partial charge in [0.05, 0.1) is 0 Å². The molecule has 1 spiro atoms. The Morgan fingerprint density at radius 3 is 2.80 bits per heavy atom. The number of benzene rings is 1. The molecule has 1 saturated carbocycles. The van der Waals surface area contributed by atoms with Crippen LogP contribution in [0.5, 0.6) is 0 Å². The van der Waals surface area contributed by atoms with E-state index in [-0.39, 0.29) is 30.3 Å². The van der Waals surface area contributed by atoms with Crippen molar-refractivity contribution in [2.75, 3.05) is 0 Å². The number of imide groups is 1. The van der Waals surface area contributed by atoms with E-state index in [1.807, 2.05) is 37.3 Å². The fraction of sp³-hybridized carbons (Fsp3) is 0.444. The molecule has 7 heteroatoms. The fourth-order valence-corrected chi connectivity index (χ4v) is 3.79. The molecule has 1 aromatic heterocycles. The van der Waals surface area contributed by atoms with Crippen molar-refractivity contribution in [3.05, 3.63) is 36.2 Å². The number of hydrogen-bond donors (Lipinski definition) is 1. The SMILES string of the molecule is C[C@H]1CCCC[C@@]12NC(=O)N(Cc1nnc(-c3ccccc3)o1)C2=O. The minimum atomic E-state index is -0.766. The number of carbonyl (C=O) groups excluding carboxylic acids is 2. The molecule has 1 saturated heterocycles. The summed E-state index contributed by atoms with van der Waals surface area (Å²) in [7, 11) is 0. The Bertz CT molecular complexity index is 804. The molecule has 2 aromatic rings. The van der Waals surface area contributed by atoms with E-state index >= 15 is 0 Å². The van der Waals surface area contributed by atoms with Gasteiger partial charge in [-0.1, -0.05) is 38.0 Å². The second-order valence-electron chi connectivity index (χ2n) is 6.81. The number of rotatable bonds is 3. The highest BCUT2D eigenvalue weighted by atomic mass is 16.4. The molecular weight excluding hydrogens is 320 g/mol. The predicted molar refractivity (Wildman–Crippen MR) is 89.2 cm³/mol. The summed E-state index contributed by atoms with van der Waals surface area (Å²) in [5, 5.41) is 10.9. The second kappa shape index (κ2) is 5.98. The molecule has 2 heterocycles. The lowest BCUT2D eigenvalue weighted by Crippen LogP contribution is -2.53. The summed E-state index contributed by atoms with van der Waals surface area (Å²) in [5.41, 5.74) is 0.0354. The van der Waals surface area contributed by atoms with Crippen molar-refractivity contribution < 1.29 is 14.0 Å². The smallest absolute Gasteiger partial charge is 0.325 e. The van der Waals surface area contributed by atoms with E-state index in [2.05, 4.69) is 15.5 Å². The number of carbonyl (C=O) groups is 2. The van der Waals surface area contributed by atoms with Crippen LogP contribution in [-0.2, 0) is 11.3 Å². The third kappa shape index (κ3) is 2.59. The highest BCUT2D eigenvalue weighted by molar-refractivity contribution is 6.07. The Labute approximate surface area is 145 Å². The second-order valence-corrected chi connectivity index (χ2v) is 6.81. The maximum Gasteiger partial charge on any atom is 0.325 e. The van der Waals surface area contributed by atoms with Gasteiger partial charge in [0.25, 0.3) is 5.91 Å². The first-order chi connectivity index (χ1) is 12.1. The summed E-state index contributed by atoms with van der Waals surface area (Å²) >= 11 is 0. The molecule has 1 aliphatic carbocycles. The molecule has 4 rings (SSSR count). The van der Waals surface area contributed by atoms with Crippen LogP contribution in [0.4, 0.5) is 4.79 Å². The monoisotopic (exact) mass is 340 g/mol. The van der Waals surface area contributed by atoms with Crippen molar-refractivity contribution in [3.63, 3.8) is 0 Å². The molecule has 0 radical (unpaired) electrons. The Morgan fingerprint density at radius 2 is 2.04 bits per heavy atom. The van der Waals surface area contributed by atoms with Crippen LogP contribution in [0.25, 0.3) is 11.5 Å². The summed E-state index contributed by atoms with van der Waals surface area (Å²) < 4.78 is 5.63. The zero-order valence-electron chi connectivity index (χ0n) is 14.1. The lowest BCUT2D eigenvalue weighted by atomic mass is 9.73. The van der Waals surface area contributed by atoms with E-state index in [1.165, 1.54) is 4.90 Å². The molecular formula is C18H20N4O3. The first kappa shape index (κ1) is 15.8. The molecule has 2 aliphatic rings. The van der Waals surface area contributed by atoms with Crippen LogP contribution < -0.4 is 5.32 Å². The van der Waals surface area contributed by atoms with Gasteiger partial charge < -0.3 is 9.73 Å². The van der Waals surface area contributed by atoms with Crippen LogP contribution in [0.15, 0.2) is 34.7 Å². The molecule has 7 nitrogen and oxygen atoms in total. The highest BCUT2D eigenvalue weighted by Gasteiger charge is 2.55. The molecule has 25 heavy (non-hydrogen) atoms. The number of nitrogens with zero attached hydrogens (tertiary/aromatic N) is 3. The normalized spacial score (nSPS) is 26.3. The van der Waals surface area contributed by atoms with Gasteiger partial charge in [-0.05, 0) is 30.9 Å². The van der Waals surface area contributed by atoms with Crippen molar-refractivity contribution in [2.24, 2.45) is 5.92 Å². The van der Waals surface area contributed by atoms with Gasteiger partial charge in [-0.15, -0.1) is 10.2 Å². The van der Waals surface area contributed by atoms with Crippen molar-refractivity contribution in [2.45, 2.75) is 44.7 Å². The van der Waals surface area contributed by atoms with Gasteiger partial charge >= 0.3 is 6.03 Å². The van der Waals surface area contributed by atoms with E-state index in [9.17, 15) is 9.59 Å². The van der Waals surface area contributed by atoms with E-state index in [4.69, 9.17) is 4.42 Å². The molecule has 3 amide bonds. The van der Waals surface area contributed by atoms with Crippen LogP contribution in [-0.4, -0.2) is 32.6 Å². The summed E-state index contributed by atoms with van der Waals surface area (Å²) in [5.74, 6) is 0.584. The number of amides is 3. The van der Waals surface area contributed by atoms with Crippen LogP contribution in [0.2, 0.25) is 0 Å². The van der Waals surface area contributed by atoms with E-state index in [1.54, 1.807) is 0 Å². The standard InChI is InChI=1S/C18H20N4O3/c1-12-7-5-6-10-18(12)16(23)22(17(24)19-18)11-14-20-21-15(25-14)13-8-3-2-4-9-13/h2-4,8-9,12H,5-7,10-11H2,1H3,(H,19,24)/t12-,18+/m0/s1. The summed E-state index contributed by atoms with van der Waals surface area (Å²) in [6, 6.07) is 9.01. The summed E-state index contributed by atoms with van der Waals surface area (Å²) in [6.45, 7) is 2.03. The lowest BCUT2D eigenvalue weighted by Gasteiger charge is -2.36. The maximum absolute atomic E-state index is 12.9. The van der Waals surface area contributed by atoms with Gasteiger partial charge in [-0.25, -0.2) is 4.79 Å². The van der Waals surface area contributed by atoms with Gasteiger partial charge in [-0.3, -0.25) is 9.69 Å². The molecule has 0 bridgehead atoms. The van der Waals surface area contributed by atoms with Gasteiger partial charge in [0.1, 0.15) is 12.1 Å². The van der Waals surface area contributed by atoms with E-state index in [0.717, 1.165) is 24.8 Å². The highest BCUT2D eigenvalue weighted by Crippen LogP contribution is 2.38. The fourth-order valence-electron chi connectivity index (χ4n) is 3.79. The largest absolute Gasteiger partial charge is 0.419 e. The molecule has 2 fully saturated rings. The minimum absolute atomic E-state index is 0.00102. The van der Waals surface area contributed by atoms with Crippen molar-refractivity contribution in [1.29, 1.82) is 0 Å². The molecule has 1 aliphatic heterocycles. The predicted octanol–water partition coefficient (Wildman–Crippen LogP) is 2.74. The maximum atomic E-state index is 12.9. The van der Waals surface area contributed by atoms with E-state index in [0.29, 0.717) is 12.3 Å². The molecule has 0 unspecified atom stereocenters. The topological polar surface area (TPSA) is 88.3 Å². The average Bonchev–Trinajstić information content (AvgIpc) is 3.18. The Balaban J connectivity index is 1.54. The molecule has 1 aromatic carbocycles. The van der Waals surface area contributed by atoms with Gasteiger partial charge in [0, 0.05) is 5.56 Å². The van der Waals surface area contributed by atoms with Crippen molar-refractivity contribution >= 4 is 11.9 Å². The van der Waals surface area contributed by atoms with Crippen LogP contribution >= 0.6 is 0 Å².